The molecule has 0 saturated heterocycles. The van der Waals surface area contributed by atoms with Crippen molar-refractivity contribution < 1.29 is 0 Å². The fraction of sp³-hybridized carbons (Fsp3) is 0.769. The number of hydrogen-bond donors (Lipinski definition) is 1. The van der Waals surface area contributed by atoms with Gasteiger partial charge in [0.15, 0.2) is 0 Å². The molecule has 3 heteroatoms. The summed E-state index contributed by atoms with van der Waals surface area (Å²) in [6, 6.07) is 0. The summed E-state index contributed by atoms with van der Waals surface area (Å²) in [4.78, 5) is 11.8. The van der Waals surface area contributed by atoms with Crippen LogP contribution in [0, 0.1) is 11.8 Å². The zero-order valence-corrected chi connectivity index (χ0v) is 11.1. The quantitative estimate of drug-likeness (QED) is 0.820. The molecule has 1 heterocycles. The van der Waals surface area contributed by atoms with Crippen LogP contribution in [0.15, 0.2) is 4.79 Å². The van der Waals surface area contributed by atoms with Gasteiger partial charge in [0.05, 0.1) is 0 Å². The van der Waals surface area contributed by atoms with E-state index in [0.717, 1.165) is 24.9 Å². The van der Waals surface area contributed by atoms with Crippen LogP contribution in [0.2, 0.25) is 0 Å². The van der Waals surface area contributed by atoms with Gasteiger partial charge >= 0.3 is 0 Å². The predicted octanol–water partition coefficient (Wildman–Crippen LogP) is 2.59. The van der Waals surface area contributed by atoms with Crippen molar-refractivity contribution in [3.05, 3.63) is 21.6 Å². The second-order valence-electron chi connectivity index (χ2n) is 5.32. The molecule has 0 aliphatic heterocycles. The molecular weight excluding hydrogens is 200 g/mol. The minimum absolute atomic E-state index is 0.0961. The summed E-state index contributed by atoms with van der Waals surface area (Å²) in [5.41, 5.74) is 2.27. The van der Waals surface area contributed by atoms with Crippen molar-refractivity contribution in [1.29, 1.82) is 0 Å². The van der Waals surface area contributed by atoms with Crippen molar-refractivity contribution >= 4 is 0 Å². The maximum absolute atomic E-state index is 11.8. The van der Waals surface area contributed by atoms with Crippen molar-refractivity contribution in [2.75, 3.05) is 0 Å². The topological polar surface area (TPSA) is 37.8 Å². The highest BCUT2D eigenvalue weighted by Crippen LogP contribution is 2.13. The van der Waals surface area contributed by atoms with Crippen LogP contribution >= 0.6 is 0 Å². The van der Waals surface area contributed by atoms with Crippen molar-refractivity contribution in [1.82, 2.24) is 9.78 Å². The van der Waals surface area contributed by atoms with Crippen molar-refractivity contribution in [3.8, 4) is 0 Å². The van der Waals surface area contributed by atoms with Crippen molar-refractivity contribution in [2.24, 2.45) is 11.8 Å². The Morgan fingerprint density at radius 3 is 2.25 bits per heavy atom. The van der Waals surface area contributed by atoms with Crippen LogP contribution in [0.3, 0.4) is 0 Å². The average molecular weight is 224 g/mol. The highest BCUT2D eigenvalue weighted by molar-refractivity contribution is 5.18. The van der Waals surface area contributed by atoms with Crippen molar-refractivity contribution in [3.63, 3.8) is 0 Å². The van der Waals surface area contributed by atoms with E-state index in [1.807, 2.05) is 11.6 Å². The Labute approximate surface area is 97.8 Å². The van der Waals surface area contributed by atoms with Gasteiger partial charge in [-0.25, -0.2) is 0 Å². The van der Waals surface area contributed by atoms with E-state index in [2.05, 4.69) is 32.8 Å². The number of nitrogens with zero attached hydrogens (tertiary/aromatic N) is 1. The summed E-state index contributed by atoms with van der Waals surface area (Å²) in [7, 11) is 0. The standard InChI is InChI=1S/C13H24N2O/c1-6-11-12(7-9(2)3)15(8-10(4)5)14-13(11)16/h9-10H,6-8H2,1-5H3,(H,14,16). The number of aromatic amines is 1. The number of nitrogens with one attached hydrogen (secondary N) is 1. The van der Waals surface area contributed by atoms with Gasteiger partial charge in [-0.3, -0.25) is 14.6 Å². The summed E-state index contributed by atoms with van der Waals surface area (Å²) in [6.45, 7) is 11.7. The first-order valence-corrected chi connectivity index (χ1v) is 6.26. The Balaban J connectivity index is 3.11. The molecule has 0 spiro atoms. The minimum atomic E-state index is 0.0961. The number of hydrogen-bond acceptors (Lipinski definition) is 1. The van der Waals surface area contributed by atoms with Crippen LogP contribution in [-0.4, -0.2) is 9.78 Å². The second-order valence-corrected chi connectivity index (χ2v) is 5.32. The maximum Gasteiger partial charge on any atom is 0.267 e. The third-order valence-electron chi connectivity index (χ3n) is 2.69. The first kappa shape index (κ1) is 13.1. The Bertz CT molecular complexity index is 385. The molecule has 1 aromatic rings. The molecule has 0 unspecified atom stereocenters. The van der Waals surface area contributed by atoms with E-state index >= 15 is 0 Å². The van der Waals surface area contributed by atoms with Gasteiger partial charge in [0.25, 0.3) is 5.56 Å². The Kier molecular flexibility index (Phi) is 4.39. The summed E-state index contributed by atoms with van der Waals surface area (Å²) in [6.07, 6.45) is 1.80. The zero-order chi connectivity index (χ0) is 12.3. The lowest BCUT2D eigenvalue weighted by atomic mass is 10.0. The molecule has 1 aromatic heterocycles. The van der Waals surface area contributed by atoms with Crippen molar-refractivity contribution in [2.45, 2.75) is 54.0 Å². The van der Waals surface area contributed by atoms with Gasteiger partial charge in [-0.15, -0.1) is 0 Å². The summed E-state index contributed by atoms with van der Waals surface area (Å²) >= 11 is 0. The molecule has 0 radical (unpaired) electrons. The van der Waals surface area contributed by atoms with Crippen LogP contribution < -0.4 is 5.56 Å². The van der Waals surface area contributed by atoms with Crippen LogP contribution in [0.4, 0.5) is 0 Å². The van der Waals surface area contributed by atoms with E-state index in [0.29, 0.717) is 11.8 Å². The van der Waals surface area contributed by atoms with Gasteiger partial charge in [0.2, 0.25) is 0 Å². The number of aromatic nitrogens is 2. The third-order valence-corrected chi connectivity index (χ3v) is 2.69. The van der Waals surface area contributed by atoms with Crippen LogP contribution in [0.5, 0.6) is 0 Å². The van der Waals surface area contributed by atoms with Gasteiger partial charge in [-0.1, -0.05) is 34.6 Å². The van der Waals surface area contributed by atoms with E-state index < -0.39 is 0 Å². The maximum atomic E-state index is 11.8. The zero-order valence-electron chi connectivity index (χ0n) is 11.1. The van der Waals surface area contributed by atoms with Gasteiger partial charge in [0.1, 0.15) is 0 Å². The number of rotatable bonds is 5. The molecule has 0 aliphatic carbocycles. The highest BCUT2D eigenvalue weighted by Gasteiger charge is 2.14. The predicted molar refractivity (Wildman–Crippen MR) is 67.8 cm³/mol. The Morgan fingerprint density at radius 1 is 1.19 bits per heavy atom. The molecule has 0 aromatic carbocycles. The normalized spacial score (nSPS) is 11.7. The summed E-state index contributed by atoms with van der Waals surface area (Å²) < 4.78 is 2.05. The average Bonchev–Trinajstić information content (AvgIpc) is 2.40. The summed E-state index contributed by atoms with van der Waals surface area (Å²) in [5.74, 6) is 1.14. The Morgan fingerprint density at radius 2 is 1.81 bits per heavy atom. The monoisotopic (exact) mass is 224 g/mol. The van der Waals surface area contributed by atoms with E-state index in [1.54, 1.807) is 0 Å². The first-order valence-electron chi connectivity index (χ1n) is 6.26. The fourth-order valence-electron chi connectivity index (χ4n) is 2.06. The van der Waals surface area contributed by atoms with E-state index in [4.69, 9.17) is 0 Å². The molecule has 92 valence electrons. The minimum Gasteiger partial charge on any atom is -0.289 e. The van der Waals surface area contributed by atoms with Gasteiger partial charge in [0, 0.05) is 17.8 Å². The van der Waals surface area contributed by atoms with Gasteiger partial charge in [-0.2, -0.15) is 0 Å². The molecule has 0 amide bonds. The molecule has 0 saturated carbocycles. The van der Waals surface area contributed by atoms with Crippen LogP contribution in [0.25, 0.3) is 0 Å². The molecule has 1 rings (SSSR count). The van der Waals surface area contributed by atoms with E-state index in [9.17, 15) is 4.79 Å². The van der Waals surface area contributed by atoms with E-state index in [-0.39, 0.29) is 5.56 Å². The lowest BCUT2D eigenvalue weighted by Gasteiger charge is -2.13. The molecule has 16 heavy (non-hydrogen) atoms. The highest BCUT2D eigenvalue weighted by atomic mass is 16.1. The van der Waals surface area contributed by atoms with Crippen LogP contribution in [0.1, 0.15) is 45.9 Å². The smallest absolute Gasteiger partial charge is 0.267 e. The van der Waals surface area contributed by atoms with Gasteiger partial charge in [-0.05, 0) is 24.7 Å². The SMILES string of the molecule is CCc1c(CC(C)C)n(CC(C)C)[nH]c1=O. The fourth-order valence-corrected chi connectivity index (χ4v) is 2.06. The van der Waals surface area contributed by atoms with E-state index in [1.165, 1.54) is 5.69 Å². The molecule has 1 N–H and O–H groups in total. The molecular formula is C13H24N2O. The lowest BCUT2D eigenvalue weighted by Crippen LogP contribution is -2.12. The molecule has 0 atom stereocenters. The largest absolute Gasteiger partial charge is 0.289 e. The molecule has 0 fully saturated rings. The molecule has 0 aliphatic rings. The lowest BCUT2D eigenvalue weighted by molar-refractivity contribution is 0.455. The second kappa shape index (κ2) is 5.37. The molecule has 3 nitrogen and oxygen atoms in total. The Hall–Kier alpha value is -0.990. The van der Waals surface area contributed by atoms with Crippen LogP contribution in [-0.2, 0) is 19.4 Å². The number of H-pyrrole nitrogens is 1. The summed E-state index contributed by atoms with van der Waals surface area (Å²) in [5, 5.41) is 2.96. The first-order chi connectivity index (χ1) is 7.45. The third kappa shape index (κ3) is 3.00. The van der Waals surface area contributed by atoms with Gasteiger partial charge < -0.3 is 0 Å². The molecule has 0 bridgehead atoms.